The van der Waals surface area contributed by atoms with Crippen LogP contribution in [0.15, 0.2) is 0 Å². The lowest BCUT2D eigenvalue weighted by atomic mass is 10.2. The van der Waals surface area contributed by atoms with Crippen molar-refractivity contribution in [3.8, 4) is 0 Å². The molecule has 0 fully saturated rings. The number of hydrogen-bond donors (Lipinski definition) is 1. The Morgan fingerprint density at radius 1 is 1.67 bits per heavy atom. The van der Waals surface area contributed by atoms with Crippen molar-refractivity contribution in [3.05, 3.63) is 0 Å². The number of likely N-dealkylation sites (N-methyl/N-ethyl adjacent to an activating group) is 1. The average molecular weight is 172 g/mol. The molecule has 1 atom stereocenters. The van der Waals surface area contributed by atoms with Gasteiger partial charge in [-0.2, -0.15) is 0 Å². The highest BCUT2D eigenvalue weighted by Crippen LogP contribution is 1.87. The third-order valence-corrected chi connectivity index (χ3v) is 1.00. The molecule has 2 radical (unpaired) electrons. The van der Waals surface area contributed by atoms with E-state index >= 15 is 0 Å². The topological polar surface area (TPSA) is 55.6 Å². The number of ether oxygens (including phenoxy) is 1. The Morgan fingerprint density at radius 3 is 2.42 bits per heavy atom. The minimum Gasteiger partial charge on any atom is -0.462 e. The molecule has 0 aromatic rings. The van der Waals surface area contributed by atoms with Crippen molar-refractivity contribution in [2.45, 2.75) is 20.0 Å². The second-order valence-corrected chi connectivity index (χ2v) is 2.03. The maximum absolute atomic E-state index is 9.82. The lowest BCUT2D eigenvalue weighted by molar-refractivity contribution is -0.133. The summed E-state index contributed by atoms with van der Waals surface area (Å²) < 4.78 is 4.57. The van der Waals surface area contributed by atoms with E-state index in [-0.39, 0.29) is 6.10 Å². The monoisotopic (exact) mass is 172 g/mol. The van der Waals surface area contributed by atoms with E-state index in [0.29, 0.717) is 19.6 Å². The van der Waals surface area contributed by atoms with Crippen molar-refractivity contribution >= 4 is 14.5 Å². The Labute approximate surface area is 75.5 Å². The van der Waals surface area contributed by atoms with Gasteiger partial charge in [0.25, 0.3) is 6.47 Å². The van der Waals surface area contributed by atoms with Gasteiger partial charge in [0.05, 0.1) is 0 Å². The highest BCUT2D eigenvalue weighted by Gasteiger charge is 2.06. The van der Waals surface area contributed by atoms with E-state index in [9.17, 15) is 4.79 Å². The molecule has 0 rings (SSSR count). The fraction of sp³-hybridized carbons (Fsp3) is 0.857. The van der Waals surface area contributed by atoms with Crippen LogP contribution < -0.4 is 5.73 Å². The summed E-state index contributed by atoms with van der Waals surface area (Å²) in [5.74, 6) is 0. The number of rotatable bonds is 5. The van der Waals surface area contributed by atoms with Gasteiger partial charge in [0, 0.05) is 13.1 Å². The average Bonchev–Trinajstić information content (AvgIpc) is 2.07. The van der Waals surface area contributed by atoms with Crippen molar-refractivity contribution in [2.24, 2.45) is 5.73 Å². The molecule has 0 aliphatic heterocycles. The summed E-state index contributed by atoms with van der Waals surface area (Å²) in [5.41, 5.74) is 5.24. The van der Waals surface area contributed by atoms with Crippen LogP contribution in [0.5, 0.6) is 0 Å². The molecule has 2 N–H and O–H groups in total. The number of nitrogens with two attached hydrogens (primary N) is 1. The Morgan fingerprint density at radius 2 is 2.17 bits per heavy atom. The molecule has 70 valence electrons. The molecular formula is C7H17BN2O2. The highest BCUT2D eigenvalue weighted by atomic mass is 16.5. The van der Waals surface area contributed by atoms with Crippen LogP contribution in [0, 0.1) is 0 Å². The van der Waals surface area contributed by atoms with Crippen LogP contribution in [0.3, 0.4) is 0 Å². The molecule has 4 nitrogen and oxygen atoms in total. The van der Waals surface area contributed by atoms with Crippen molar-refractivity contribution in [1.82, 2.24) is 4.81 Å². The molecular weight excluding hydrogens is 155 g/mol. The molecule has 5 heteroatoms. The van der Waals surface area contributed by atoms with Crippen molar-refractivity contribution < 1.29 is 9.53 Å². The normalized spacial score (nSPS) is 11.4. The van der Waals surface area contributed by atoms with E-state index in [1.54, 1.807) is 7.05 Å². The molecule has 1 unspecified atom stereocenters. The number of carbonyl (C=O) groups is 1. The molecule has 0 aliphatic rings. The van der Waals surface area contributed by atoms with Crippen LogP contribution in [0.1, 0.15) is 13.8 Å². The molecule has 0 bridgehead atoms. The molecule has 0 amide bonds. The lowest BCUT2D eigenvalue weighted by Gasteiger charge is -2.17. The second kappa shape index (κ2) is 10.5. The van der Waals surface area contributed by atoms with Crippen LogP contribution in [0.4, 0.5) is 0 Å². The van der Waals surface area contributed by atoms with E-state index in [1.165, 1.54) is 4.81 Å². The summed E-state index contributed by atoms with van der Waals surface area (Å²) in [5, 5.41) is 0. The Hall–Kier alpha value is -0.545. The van der Waals surface area contributed by atoms with Crippen molar-refractivity contribution in [3.63, 3.8) is 0 Å². The highest BCUT2D eigenvalue weighted by molar-refractivity contribution is 6.04. The molecule has 0 heterocycles. The molecule has 0 aromatic carbocycles. The molecule has 0 spiro atoms. The Bertz CT molecular complexity index is 101. The van der Waals surface area contributed by atoms with Crippen molar-refractivity contribution in [2.75, 3.05) is 20.1 Å². The van der Waals surface area contributed by atoms with E-state index < -0.39 is 0 Å². The number of carbonyl (C=O) groups excluding carboxylic acids is 1. The first-order valence-corrected chi connectivity index (χ1v) is 3.95. The third-order valence-electron chi connectivity index (χ3n) is 1.00. The molecule has 0 aromatic heterocycles. The minimum atomic E-state index is -0.299. The standard InChI is InChI=1S/C5H11BN2O2.C2H6/c1-8(6)3-5(2-7)10-4-9;1-2/h4-5H,2-3,7H2,1H3;1-2H3. The summed E-state index contributed by atoms with van der Waals surface area (Å²) in [4.78, 5) is 11.2. The van der Waals surface area contributed by atoms with E-state index in [1.807, 2.05) is 13.8 Å². The first-order valence-electron chi connectivity index (χ1n) is 3.95. The van der Waals surface area contributed by atoms with Crippen LogP contribution in [-0.4, -0.2) is 45.5 Å². The van der Waals surface area contributed by atoms with Gasteiger partial charge in [-0.3, -0.25) is 4.79 Å². The fourth-order valence-corrected chi connectivity index (χ4v) is 0.573. The van der Waals surface area contributed by atoms with Crippen molar-refractivity contribution in [1.29, 1.82) is 0 Å². The lowest BCUT2D eigenvalue weighted by Crippen LogP contribution is -2.34. The summed E-state index contributed by atoms with van der Waals surface area (Å²) >= 11 is 0. The quantitative estimate of drug-likeness (QED) is 0.449. The number of nitrogens with zero attached hydrogens (tertiary/aromatic N) is 1. The van der Waals surface area contributed by atoms with Gasteiger partial charge in [0.2, 0.25) is 0 Å². The van der Waals surface area contributed by atoms with E-state index in [4.69, 9.17) is 13.7 Å². The van der Waals surface area contributed by atoms with Gasteiger partial charge in [0.1, 0.15) is 6.10 Å². The molecule has 0 saturated heterocycles. The molecule has 0 saturated carbocycles. The zero-order valence-electron chi connectivity index (χ0n) is 7.99. The SMILES string of the molecule is CC.[B]N(C)CC(CN)OC=O. The van der Waals surface area contributed by atoms with E-state index in [2.05, 4.69) is 4.74 Å². The molecule has 0 aliphatic carbocycles. The summed E-state index contributed by atoms with van der Waals surface area (Å²) in [6.07, 6.45) is -0.299. The summed E-state index contributed by atoms with van der Waals surface area (Å²) in [6.45, 7) is 5.12. The van der Waals surface area contributed by atoms with Gasteiger partial charge >= 0.3 is 0 Å². The van der Waals surface area contributed by atoms with Gasteiger partial charge in [-0.05, 0) is 7.05 Å². The van der Waals surface area contributed by atoms with Crippen LogP contribution in [0.25, 0.3) is 0 Å². The first-order chi connectivity index (χ1) is 5.70. The van der Waals surface area contributed by atoms with Crippen LogP contribution in [-0.2, 0) is 9.53 Å². The first kappa shape index (κ1) is 14.0. The van der Waals surface area contributed by atoms with Crippen LogP contribution >= 0.6 is 0 Å². The van der Waals surface area contributed by atoms with E-state index in [0.717, 1.165) is 0 Å². The number of hydrogen-bond acceptors (Lipinski definition) is 4. The zero-order chi connectivity index (χ0) is 9.98. The van der Waals surface area contributed by atoms with Gasteiger partial charge in [-0.25, -0.2) is 0 Å². The maximum atomic E-state index is 9.82. The summed E-state index contributed by atoms with van der Waals surface area (Å²) in [7, 11) is 6.96. The van der Waals surface area contributed by atoms with Gasteiger partial charge < -0.3 is 15.3 Å². The minimum absolute atomic E-state index is 0.292. The Balaban J connectivity index is 0. The Kier molecular flexibility index (Phi) is 12.2. The smallest absolute Gasteiger partial charge is 0.293 e. The zero-order valence-corrected chi connectivity index (χ0v) is 7.99. The van der Waals surface area contributed by atoms with Gasteiger partial charge in [0.15, 0.2) is 7.98 Å². The largest absolute Gasteiger partial charge is 0.462 e. The maximum Gasteiger partial charge on any atom is 0.293 e. The molecule has 12 heavy (non-hydrogen) atoms. The van der Waals surface area contributed by atoms with Gasteiger partial charge in [-0.15, -0.1) is 0 Å². The van der Waals surface area contributed by atoms with Gasteiger partial charge in [-0.1, -0.05) is 13.8 Å². The second-order valence-electron chi connectivity index (χ2n) is 2.03. The summed E-state index contributed by atoms with van der Waals surface area (Å²) in [6, 6.07) is 0. The third kappa shape index (κ3) is 9.45. The predicted octanol–water partition coefficient (Wildman–Crippen LogP) is -0.472. The predicted molar refractivity (Wildman–Crippen MR) is 49.7 cm³/mol. The van der Waals surface area contributed by atoms with Crippen LogP contribution in [0.2, 0.25) is 0 Å². The fourth-order valence-electron chi connectivity index (χ4n) is 0.573.